The van der Waals surface area contributed by atoms with Crippen molar-refractivity contribution in [3.63, 3.8) is 0 Å². The van der Waals surface area contributed by atoms with Gasteiger partial charge in [0.15, 0.2) is 0 Å². The Bertz CT molecular complexity index is 1520. The summed E-state index contributed by atoms with van der Waals surface area (Å²) in [6, 6.07) is 17.2. The predicted molar refractivity (Wildman–Crippen MR) is 147 cm³/mol. The highest BCUT2D eigenvalue weighted by atomic mass is 16.4. The van der Waals surface area contributed by atoms with Gasteiger partial charge in [0.1, 0.15) is 17.6 Å². The number of nitrogens with zero attached hydrogens (tertiary/aromatic N) is 3. The summed E-state index contributed by atoms with van der Waals surface area (Å²) in [6.45, 7) is 4.42. The van der Waals surface area contributed by atoms with Gasteiger partial charge in [-0.05, 0) is 48.8 Å². The molecule has 188 valence electrons. The van der Waals surface area contributed by atoms with Crippen molar-refractivity contribution in [1.82, 2.24) is 4.98 Å². The number of rotatable bonds is 5. The van der Waals surface area contributed by atoms with Crippen molar-refractivity contribution in [3.05, 3.63) is 83.6 Å². The number of carboxylic acid groups (broad SMARTS) is 1. The van der Waals surface area contributed by atoms with Gasteiger partial charge in [-0.15, -0.1) is 4.59 Å². The Kier molecular flexibility index (Phi) is 5.70. The van der Waals surface area contributed by atoms with Gasteiger partial charge >= 0.3 is 5.97 Å². The van der Waals surface area contributed by atoms with Crippen LogP contribution in [-0.2, 0) is 4.79 Å². The summed E-state index contributed by atoms with van der Waals surface area (Å²) in [4.78, 5) is 24.6. The van der Waals surface area contributed by atoms with Crippen LogP contribution in [0.1, 0.15) is 56.7 Å². The number of hydrogen-bond donors (Lipinski definition) is 3. The summed E-state index contributed by atoms with van der Waals surface area (Å²) >= 11 is 0. The number of fused-ring (bicyclic) bond motifs is 2. The molecule has 1 unspecified atom stereocenters. The van der Waals surface area contributed by atoms with Gasteiger partial charge in [0.25, 0.3) is 5.84 Å². The van der Waals surface area contributed by atoms with Crippen LogP contribution in [0.15, 0.2) is 82.3 Å². The maximum atomic E-state index is 11.5. The molecule has 4 N–H and O–H groups in total. The molecule has 1 atom stereocenters. The molecule has 3 aromatic rings. The van der Waals surface area contributed by atoms with Gasteiger partial charge in [0, 0.05) is 16.9 Å². The second-order valence-corrected chi connectivity index (χ2v) is 10.7. The van der Waals surface area contributed by atoms with Crippen LogP contribution in [0.25, 0.3) is 22.0 Å². The molecule has 2 aromatic carbocycles. The summed E-state index contributed by atoms with van der Waals surface area (Å²) in [6.07, 6.45) is 8.27. The smallest absolute Gasteiger partial charge is 0.306 e. The third kappa shape index (κ3) is 3.95. The van der Waals surface area contributed by atoms with Crippen LogP contribution in [-0.4, -0.2) is 32.7 Å². The Balaban J connectivity index is 1.41. The molecular formula is C30H32N5O2+. The molecule has 0 bridgehead atoms. The number of hydrogen-bond acceptors (Lipinski definition) is 4. The van der Waals surface area contributed by atoms with Crippen LogP contribution in [0.2, 0.25) is 0 Å². The fraction of sp³-hybridized carbons (Fsp3) is 0.300. The molecule has 1 fully saturated rings. The standard InChI is InChI=1S/C30H31N5O2/c1-18(2)21-5-3-6-22(15-21)24-8-4-7-23-16-25(33-27(23)24)29-34-28(26-17-32-13-14-35(26,29)31)19-9-11-20(12-10-19)30(36)37/h3-8,13-20H,9-12,31H2,1-2H3,(H-,32,33,34,36,37)/p+1. The Morgan fingerprint density at radius 1 is 1.11 bits per heavy atom. The first-order chi connectivity index (χ1) is 17.8. The molecule has 3 heterocycles. The summed E-state index contributed by atoms with van der Waals surface area (Å²) in [7, 11) is 0. The van der Waals surface area contributed by atoms with E-state index >= 15 is 0 Å². The minimum Gasteiger partial charge on any atom is -0.481 e. The SMILES string of the molecule is CC(C)c1cccc(-c2cccc3cc(C4=NC(C5CCC(C(=O)O)CC5)=C5C=NC=C[N+]45N)[nH]c23)c1. The quantitative estimate of drug-likeness (QED) is 0.296. The van der Waals surface area contributed by atoms with Crippen molar-refractivity contribution < 1.29 is 14.5 Å². The van der Waals surface area contributed by atoms with E-state index < -0.39 is 5.97 Å². The number of quaternary nitrogens is 1. The van der Waals surface area contributed by atoms with E-state index in [9.17, 15) is 9.90 Å². The predicted octanol–water partition coefficient (Wildman–Crippen LogP) is 6.07. The Labute approximate surface area is 216 Å². The third-order valence-corrected chi connectivity index (χ3v) is 8.05. The fourth-order valence-electron chi connectivity index (χ4n) is 5.88. The lowest BCUT2D eigenvalue weighted by molar-refractivity contribution is -0.750. The highest BCUT2D eigenvalue weighted by Gasteiger charge is 2.47. The number of allylic oxidation sites excluding steroid dienone is 2. The maximum Gasteiger partial charge on any atom is 0.306 e. The molecule has 0 amide bonds. The maximum absolute atomic E-state index is 11.5. The van der Waals surface area contributed by atoms with E-state index in [-0.39, 0.29) is 16.4 Å². The number of para-hydroxylation sites is 1. The second kappa shape index (κ2) is 8.94. The van der Waals surface area contributed by atoms with Crippen molar-refractivity contribution in [1.29, 1.82) is 0 Å². The van der Waals surface area contributed by atoms with Crippen LogP contribution in [0.5, 0.6) is 0 Å². The first kappa shape index (κ1) is 23.6. The largest absolute Gasteiger partial charge is 0.481 e. The highest BCUT2D eigenvalue weighted by molar-refractivity contribution is 6.05. The average molecular weight is 495 g/mol. The first-order valence-corrected chi connectivity index (χ1v) is 13.0. The number of aliphatic imine (C=N–C) groups is 2. The molecule has 1 saturated carbocycles. The van der Waals surface area contributed by atoms with E-state index in [2.05, 4.69) is 72.4 Å². The third-order valence-electron chi connectivity index (χ3n) is 8.05. The summed E-state index contributed by atoms with van der Waals surface area (Å²) < 4.78 is -0.0390. The topological polar surface area (TPSA) is 104 Å². The molecule has 0 saturated heterocycles. The number of carbonyl (C=O) groups is 1. The normalized spacial score (nSPS) is 25.1. The Morgan fingerprint density at radius 3 is 2.65 bits per heavy atom. The zero-order chi connectivity index (χ0) is 25.7. The lowest BCUT2D eigenvalue weighted by Crippen LogP contribution is -2.53. The molecule has 7 nitrogen and oxygen atoms in total. The number of H-pyrrole nitrogens is 1. The molecule has 0 spiro atoms. The van der Waals surface area contributed by atoms with Crippen molar-refractivity contribution >= 4 is 28.9 Å². The minimum absolute atomic E-state index is 0.0390. The van der Waals surface area contributed by atoms with Gasteiger partial charge in [-0.2, -0.15) is 10.8 Å². The monoisotopic (exact) mass is 494 g/mol. The average Bonchev–Trinajstić information content (AvgIpc) is 3.47. The van der Waals surface area contributed by atoms with Crippen LogP contribution in [0.3, 0.4) is 0 Å². The van der Waals surface area contributed by atoms with Crippen LogP contribution >= 0.6 is 0 Å². The number of nitrogens with two attached hydrogens (primary N) is 1. The van der Waals surface area contributed by atoms with Gasteiger partial charge in [-0.25, -0.2) is 0 Å². The van der Waals surface area contributed by atoms with Gasteiger partial charge in [0.05, 0.1) is 23.8 Å². The summed E-state index contributed by atoms with van der Waals surface area (Å²) in [5, 5.41) is 10.5. The number of aliphatic carboxylic acids is 1. The van der Waals surface area contributed by atoms with E-state index in [0.717, 1.165) is 52.2 Å². The van der Waals surface area contributed by atoms with Crippen LogP contribution in [0, 0.1) is 11.8 Å². The Hall–Kier alpha value is -3.81. The number of benzene rings is 2. The zero-order valence-corrected chi connectivity index (χ0v) is 21.2. The van der Waals surface area contributed by atoms with Gasteiger partial charge in [-0.3, -0.25) is 9.79 Å². The fourth-order valence-corrected chi connectivity index (χ4v) is 5.88. The Morgan fingerprint density at radius 2 is 1.89 bits per heavy atom. The van der Waals surface area contributed by atoms with E-state index in [0.29, 0.717) is 18.8 Å². The van der Waals surface area contributed by atoms with E-state index in [1.54, 1.807) is 12.4 Å². The molecule has 37 heavy (non-hydrogen) atoms. The van der Waals surface area contributed by atoms with Crippen LogP contribution in [0.4, 0.5) is 0 Å². The molecule has 1 aliphatic carbocycles. The molecule has 0 radical (unpaired) electrons. The van der Waals surface area contributed by atoms with E-state index in [1.165, 1.54) is 11.1 Å². The lowest BCUT2D eigenvalue weighted by atomic mass is 9.80. The van der Waals surface area contributed by atoms with Crippen molar-refractivity contribution in [2.24, 2.45) is 27.7 Å². The van der Waals surface area contributed by atoms with Crippen molar-refractivity contribution in [2.45, 2.75) is 45.4 Å². The van der Waals surface area contributed by atoms with Gasteiger partial charge in [0.2, 0.25) is 5.70 Å². The van der Waals surface area contributed by atoms with Gasteiger partial charge < -0.3 is 10.1 Å². The first-order valence-electron chi connectivity index (χ1n) is 13.0. The lowest BCUT2D eigenvalue weighted by Gasteiger charge is -2.28. The number of amidine groups is 1. The second-order valence-electron chi connectivity index (χ2n) is 10.7. The number of carboxylic acids is 1. The molecule has 6 rings (SSSR count). The number of nitrogens with one attached hydrogen (secondary N) is 1. The van der Waals surface area contributed by atoms with E-state index in [1.807, 2.05) is 6.20 Å². The summed E-state index contributed by atoms with van der Waals surface area (Å²) in [5.41, 5.74) is 7.34. The van der Waals surface area contributed by atoms with Crippen molar-refractivity contribution in [3.8, 4) is 11.1 Å². The molecule has 7 heteroatoms. The number of aromatic nitrogens is 1. The van der Waals surface area contributed by atoms with Gasteiger partial charge in [-0.1, -0.05) is 56.3 Å². The number of aromatic amines is 1. The molecule has 1 aromatic heterocycles. The van der Waals surface area contributed by atoms with Crippen LogP contribution < -0.4 is 5.84 Å². The molecule has 3 aliphatic rings. The van der Waals surface area contributed by atoms with Crippen molar-refractivity contribution in [2.75, 3.05) is 0 Å². The zero-order valence-electron chi connectivity index (χ0n) is 21.2. The molecule has 2 aliphatic heterocycles. The van der Waals surface area contributed by atoms with E-state index in [4.69, 9.17) is 10.8 Å². The minimum atomic E-state index is -0.703. The molecular weight excluding hydrogens is 462 g/mol. The highest BCUT2D eigenvalue weighted by Crippen LogP contribution is 2.41. The summed E-state index contributed by atoms with van der Waals surface area (Å²) in [5.74, 6) is 7.37.